The molecule has 106 valence electrons. The highest BCUT2D eigenvalue weighted by atomic mass is 79.9. The minimum absolute atomic E-state index is 0. The third kappa shape index (κ3) is 3.67. The molecule has 0 fully saturated rings. The molecule has 2 aromatic rings. The summed E-state index contributed by atoms with van der Waals surface area (Å²) in [6, 6.07) is 11.4. The molecule has 0 unspecified atom stereocenters. The molecule has 3 nitrogen and oxygen atoms in total. The Morgan fingerprint density at radius 2 is 1.85 bits per heavy atom. The fraction of sp³-hybridized carbons (Fsp3) is 0.200. The lowest BCUT2D eigenvalue weighted by atomic mass is 10.1. The first-order valence-electron chi connectivity index (χ1n) is 5.87. The highest BCUT2D eigenvalue weighted by Crippen LogP contribution is 2.22. The quantitative estimate of drug-likeness (QED) is 0.569. The molecule has 0 saturated carbocycles. The minimum atomic E-state index is 0. The lowest BCUT2D eigenvalue weighted by Gasteiger charge is -2.07. The summed E-state index contributed by atoms with van der Waals surface area (Å²) in [5.74, 6) is 0.859. The molecule has 0 spiro atoms. The van der Waals surface area contributed by atoms with E-state index in [2.05, 4.69) is 20.9 Å². The van der Waals surface area contributed by atoms with Crippen LogP contribution >= 0.6 is 32.9 Å². The second kappa shape index (κ2) is 7.55. The van der Waals surface area contributed by atoms with E-state index in [9.17, 15) is 4.79 Å². The summed E-state index contributed by atoms with van der Waals surface area (Å²) < 4.78 is 5.12. The molecule has 1 aromatic heterocycles. The molecule has 1 aromatic carbocycles. The van der Waals surface area contributed by atoms with Gasteiger partial charge in [0.15, 0.2) is 5.78 Å². The average Bonchev–Trinajstić information content (AvgIpc) is 2.46. The van der Waals surface area contributed by atoms with Crippen molar-refractivity contribution in [3.05, 3.63) is 47.7 Å². The maximum Gasteiger partial charge on any atom is 0.175 e. The highest BCUT2D eigenvalue weighted by Gasteiger charge is 2.10. The highest BCUT2D eigenvalue weighted by molar-refractivity contribution is 9.09. The van der Waals surface area contributed by atoms with Crippen LogP contribution in [-0.4, -0.2) is 23.2 Å². The number of benzene rings is 1. The smallest absolute Gasteiger partial charge is 0.175 e. The van der Waals surface area contributed by atoms with Gasteiger partial charge in [0.25, 0.3) is 0 Å². The Morgan fingerprint density at radius 3 is 2.35 bits per heavy atom. The van der Waals surface area contributed by atoms with Gasteiger partial charge in [0.05, 0.1) is 18.1 Å². The van der Waals surface area contributed by atoms with Crippen LogP contribution in [0.2, 0.25) is 0 Å². The molecule has 0 saturated heterocycles. The molecule has 0 aliphatic carbocycles. The molecule has 0 aliphatic rings. The summed E-state index contributed by atoms with van der Waals surface area (Å²) in [5, 5.41) is 0.317. The summed E-state index contributed by atoms with van der Waals surface area (Å²) in [6.07, 6.45) is 0. The number of nitrogens with zero attached hydrogens (tertiary/aromatic N) is 1. The Balaban J connectivity index is 0.00000200. The topological polar surface area (TPSA) is 39.2 Å². The van der Waals surface area contributed by atoms with E-state index in [1.165, 1.54) is 0 Å². The number of alkyl halides is 1. The summed E-state index contributed by atoms with van der Waals surface area (Å²) in [4.78, 5) is 16.1. The summed E-state index contributed by atoms with van der Waals surface area (Å²) in [5.41, 5.74) is 3.26. The Labute approximate surface area is 137 Å². The number of ketones is 1. The Kier molecular flexibility index (Phi) is 6.36. The predicted molar refractivity (Wildman–Crippen MR) is 89.4 cm³/mol. The molecule has 5 heteroatoms. The third-order valence-corrected chi connectivity index (χ3v) is 3.40. The molecule has 0 bridgehead atoms. The second-order valence-electron chi connectivity index (χ2n) is 4.11. The van der Waals surface area contributed by atoms with Gasteiger partial charge in [0.2, 0.25) is 0 Å². The number of carbonyl (C=O) groups excluding carboxylic acids is 1. The molecule has 20 heavy (non-hydrogen) atoms. The molecule has 2 rings (SSSR count). The normalized spacial score (nSPS) is 9.75. The van der Waals surface area contributed by atoms with Crippen LogP contribution < -0.4 is 4.74 Å². The van der Waals surface area contributed by atoms with Gasteiger partial charge in [0.1, 0.15) is 5.75 Å². The molecule has 0 atom stereocenters. The molecule has 0 radical (unpaired) electrons. The first-order chi connectivity index (χ1) is 9.15. The Morgan fingerprint density at radius 1 is 1.20 bits per heavy atom. The van der Waals surface area contributed by atoms with Crippen molar-refractivity contribution < 1.29 is 9.53 Å². The van der Waals surface area contributed by atoms with Crippen molar-refractivity contribution >= 4 is 38.7 Å². The van der Waals surface area contributed by atoms with Crippen LogP contribution in [0.3, 0.4) is 0 Å². The largest absolute Gasteiger partial charge is 0.497 e. The van der Waals surface area contributed by atoms with Gasteiger partial charge in [-0.25, -0.2) is 0 Å². The first kappa shape index (κ1) is 16.9. The molecule has 0 aliphatic heterocycles. The SMILES string of the molecule is Br.COc1ccc(-c2ccc(C(=O)CBr)c(C)n2)cc1. The van der Waals surface area contributed by atoms with Crippen molar-refractivity contribution in [1.29, 1.82) is 0 Å². The summed E-state index contributed by atoms with van der Waals surface area (Å²) in [7, 11) is 1.64. The summed E-state index contributed by atoms with van der Waals surface area (Å²) in [6.45, 7) is 1.85. The van der Waals surface area contributed by atoms with E-state index in [0.29, 0.717) is 10.9 Å². The van der Waals surface area contributed by atoms with E-state index in [1.54, 1.807) is 7.11 Å². The number of aryl methyl sites for hydroxylation is 1. The predicted octanol–water partition coefficient (Wildman–Crippen LogP) is 4.22. The number of halogens is 2. The number of aromatic nitrogens is 1. The first-order valence-corrected chi connectivity index (χ1v) is 6.99. The van der Waals surface area contributed by atoms with E-state index in [1.807, 2.05) is 43.3 Å². The number of rotatable bonds is 4. The monoisotopic (exact) mass is 399 g/mol. The number of ether oxygens (including phenoxy) is 1. The van der Waals surface area contributed by atoms with Crippen molar-refractivity contribution in [3.63, 3.8) is 0 Å². The van der Waals surface area contributed by atoms with Gasteiger partial charge in [-0.1, -0.05) is 15.9 Å². The van der Waals surface area contributed by atoms with Crippen molar-refractivity contribution in [2.24, 2.45) is 0 Å². The van der Waals surface area contributed by atoms with Crippen LogP contribution in [0.15, 0.2) is 36.4 Å². The zero-order valence-electron chi connectivity index (χ0n) is 11.2. The number of hydrogen-bond acceptors (Lipinski definition) is 3. The summed E-state index contributed by atoms with van der Waals surface area (Å²) >= 11 is 3.17. The van der Waals surface area contributed by atoms with Crippen LogP contribution in [0, 0.1) is 6.92 Å². The van der Waals surface area contributed by atoms with Gasteiger partial charge in [-0.15, -0.1) is 17.0 Å². The van der Waals surface area contributed by atoms with Gasteiger partial charge >= 0.3 is 0 Å². The maximum atomic E-state index is 11.7. The van der Waals surface area contributed by atoms with Gasteiger partial charge in [-0.3, -0.25) is 9.78 Å². The van der Waals surface area contributed by atoms with E-state index in [4.69, 9.17) is 4.74 Å². The fourth-order valence-electron chi connectivity index (χ4n) is 1.85. The number of carbonyl (C=O) groups is 1. The van der Waals surface area contributed by atoms with Crippen molar-refractivity contribution in [3.8, 4) is 17.0 Å². The number of pyridine rings is 1. The standard InChI is InChI=1S/C15H14BrNO2.BrH/c1-10-13(15(18)9-16)7-8-14(17-10)11-3-5-12(19-2)6-4-11;/h3-8H,9H2,1-2H3;1H. The Bertz CT molecular complexity index is 597. The molecule has 0 amide bonds. The second-order valence-corrected chi connectivity index (χ2v) is 4.68. The van der Waals surface area contributed by atoms with Crippen LogP contribution in [0.5, 0.6) is 5.75 Å². The molecule has 0 N–H and O–H groups in total. The Hall–Kier alpha value is -1.20. The van der Waals surface area contributed by atoms with E-state index < -0.39 is 0 Å². The van der Waals surface area contributed by atoms with Gasteiger partial charge in [-0.05, 0) is 43.3 Å². The maximum absolute atomic E-state index is 11.7. The van der Waals surface area contributed by atoms with Crippen molar-refractivity contribution in [1.82, 2.24) is 4.98 Å². The van der Waals surface area contributed by atoms with Gasteiger partial charge in [-0.2, -0.15) is 0 Å². The molecular weight excluding hydrogens is 386 g/mol. The number of methoxy groups -OCH3 is 1. The number of hydrogen-bond donors (Lipinski definition) is 0. The third-order valence-electron chi connectivity index (χ3n) is 2.89. The number of Topliss-reactive ketones (excluding diaryl/α,β-unsaturated/α-hetero) is 1. The van der Waals surface area contributed by atoms with Crippen molar-refractivity contribution in [2.75, 3.05) is 12.4 Å². The van der Waals surface area contributed by atoms with Crippen molar-refractivity contribution in [2.45, 2.75) is 6.92 Å². The average molecular weight is 401 g/mol. The van der Waals surface area contributed by atoms with Gasteiger partial charge < -0.3 is 4.74 Å². The van der Waals surface area contributed by atoms with Crippen LogP contribution in [0.25, 0.3) is 11.3 Å². The van der Waals surface area contributed by atoms with Crippen LogP contribution in [0.1, 0.15) is 16.1 Å². The van der Waals surface area contributed by atoms with Gasteiger partial charge in [0, 0.05) is 16.8 Å². The molecular formula is C15H15Br2NO2. The van der Waals surface area contributed by atoms with E-state index in [0.717, 1.165) is 22.7 Å². The zero-order chi connectivity index (χ0) is 13.8. The van der Waals surface area contributed by atoms with E-state index in [-0.39, 0.29) is 22.8 Å². The molecule has 1 heterocycles. The minimum Gasteiger partial charge on any atom is -0.497 e. The van der Waals surface area contributed by atoms with Crippen LogP contribution in [0.4, 0.5) is 0 Å². The zero-order valence-corrected chi connectivity index (χ0v) is 14.5. The lowest BCUT2D eigenvalue weighted by molar-refractivity contribution is 0.102. The van der Waals surface area contributed by atoms with Crippen LogP contribution in [-0.2, 0) is 0 Å². The lowest BCUT2D eigenvalue weighted by Crippen LogP contribution is -2.04. The fourth-order valence-corrected chi connectivity index (χ4v) is 2.15. The van der Waals surface area contributed by atoms with E-state index >= 15 is 0 Å².